The van der Waals surface area contributed by atoms with Crippen LogP contribution in [0.2, 0.25) is 90.7 Å². The third kappa shape index (κ3) is 19.4. The molecule has 0 fully saturated rings. The van der Waals surface area contributed by atoms with Crippen LogP contribution in [0, 0.1) is 0 Å². The van der Waals surface area contributed by atoms with Gasteiger partial charge in [-0.2, -0.15) is 0 Å². The highest BCUT2D eigenvalue weighted by Gasteiger charge is 2.58. The first-order chi connectivity index (χ1) is 18.2. The Morgan fingerprint density at radius 2 is 0.732 bits per heavy atom. The highest BCUT2D eigenvalue weighted by Crippen LogP contribution is 2.35. The predicted octanol–water partition coefficient (Wildman–Crippen LogP) is 7.31. The van der Waals surface area contributed by atoms with Gasteiger partial charge in [-0.25, -0.2) is 9.59 Å². The van der Waals surface area contributed by atoms with Crippen molar-refractivity contribution in [3.05, 3.63) is 24.3 Å². The van der Waals surface area contributed by atoms with E-state index in [0.717, 1.165) is 0 Å². The molecule has 0 rings (SSSR count). The molecular formula is C26H58O9Si6. The largest absolute Gasteiger partial charge is 0.472 e. The van der Waals surface area contributed by atoms with Crippen molar-refractivity contribution in [2.75, 3.05) is 13.2 Å². The smallest absolute Gasteiger partial charge is 0.462 e. The molecule has 0 heterocycles. The minimum absolute atomic E-state index is 0.198. The fraction of sp³-hybridized carbons (Fsp3) is 0.769. The number of carbonyl (C=O) groups excluding carboxylic acids is 2. The summed E-state index contributed by atoms with van der Waals surface area (Å²) in [5, 5.41) is 0. The van der Waals surface area contributed by atoms with Crippen molar-refractivity contribution in [2.24, 2.45) is 0 Å². The van der Waals surface area contributed by atoms with Crippen LogP contribution in [0.5, 0.6) is 0 Å². The zero-order chi connectivity index (χ0) is 32.5. The topological polar surface area (TPSA) is 98.8 Å². The van der Waals surface area contributed by atoms with Crippen molar-refractivity contribution in [2.45, 2.75) is 117 Å². The van der Waals surface area contributed by atoms with Crippen LogP contribution in [-0.2, 0) is 39.6 Å². The second-order valence-electron chi connectivity index (χ2n) is 14.4. The standard InChI is InChI=1S/C26H58O9Si6/c1-23(2)25(27)29-19-17-21-40(31-36(5,6)7,32-37(8,9)10)35-41(33-38(11,12)13,34-39(14,15)16)22-18-20-30-26(28)24(3)4/h1,3,17-22H2,2,4-16H3. The SMILES string of the molecule is C=C(C)C(=O)OCCC[Si](O[Si](C)(C)C)(O[Si](C)(C)C)O[Si](CCCOC(=O)C(=C)C)(O[Si](C)(C)C)O[Si](C)(C)C. The third-order valence-electron chi connectivity index (χ3n) is 4.58. The number of hydrogen-bond acceptors (Lipinski definition) is 9. The fourth-order valence-corrected chi connectivity index (χ4v) is 27.4. The Labute approximate surface area is 256 Å². The van der Waals surface area contributed by atoms with E-state index >= 15 is 0 Å². The number of ether oxygens (including phenoxy) is 2. The van der Waals surface area contributed by atoms with E-state index in [9.17, 15) is 9.59 Å². The first-order valence-electron chi connectivity index (χ1n) is 14.3. The first-order valence-corrected chi connectivity index (χ1v) is 31.8. The maximum atomic E-state index is 12.0. The highest BCUT2D eigenvalue weighted by atomic mass is 28.5. The Hall–Kier alpha value is -0.479. The van der Waals surface area contributed by atoms with Crippen LogP contribution in [0.1, 0.15) is 26.7 Å². The second-order valence-corrected chi connectivity index (χ2v) is 39.1. The van der Waals surface area contributed by atoms with E-state index in [0.29, 0.717) is 36.1 Å². The predicted molar refractivity (Wildman–Crippen MR) is 181 cm³/mol. The molecule has 0 aromatic heterocycles. The molecule has 41 heavy (non-hydrogen) atoms. The summed E-state index contributed by atoms with van der Waals surface area (Å²) in [5.41, 5.74) is 0.708. The molecule has 9 nitrogen and oxygen atoms in total. The van der Waals surface area contributed by atoms with E-state index in [2.05, 4.69) is 91.7 Å². The lowest BCUT2D eigenvalue weighted by atomic mass is 10.4. The molecule has 240 valence electrons. The van der Waals surface area contributed by atoms with Crippen LogP contribution in [-0.4, -0.2) is 76.0 Å². The summed E-state index contributed by atoms with van der Waals surface area (Å²) in [6.07, 6.45) is 1.00. The summed E-state index contributed by atoms with van der Waals surface area (Å²) in [7, 11) is -15.7. The van der Waals surface area contributed by atoms with Crippen molar-refractivity contribution in [1.29, 1.82) is 0 Å². The van der Waals surface area contributed by atoms with Crippen LogP contribution in [0.4, 0.5) is 0 Å². The van der Waals surface area contributed by atoms with Gasteiger partial charge in [0.05, 0.1) is 13.2 Å². The quantitative estimate of drug-likeness (QED) is 0.0567. The Kier molecular flexibility index (Phi) is 15.8. The Balaban J connectivity index is 6.72. The molecule has 0 atom stereocenters. The van der Waals surface area contributed by atoms with Crippen LogP contribution < -0.4 is 0 Å². The van der Waals surface area contributed by atoms with Gasteiger partial charge in [0, 0.05) is 23.2 Å². The molecule has 0 aliphatic rings. The minimum Gasteiger partial charge on any atom is -0.462 e. The number of hydrogen-bond donors (Lipinski definition) is 0. The number of carbonyl (C=O) groups is 2. The van der Waals surface area contributed by atoms with E-state index in [-0.39, 0.29) is 13.2 Å². The molecule has 15 heteroatoms. The number of esters is 2. The zero-order valence-corrected chi connectivity index (χ0v) is 34.3. The molecule has 0 aliphatic carbocycles. The van der Waals surface area contributed by atoms with Gasteiger partial charge in [0.25, 0.3) is 0 Å². The first kappa shape index (κ1) is 40.5. The zero-order valence-electron chi connectivity index (χ0n) is 28.3. The van der Waals surface area contributed by atoms with Crippen molar-refractivity contribution >= 4 is 62.8 Å². The molecule has 0 aliphatic heterocycles. The average Bonchev–Trinajstić information content (AvgIpc) is 2.68. The van der Waals surface area contributed by atoms with Gasteiger partial charge in [-0.3, -0.25) is 0 Å². The van der Waals surface area contributed by atoms with Crippen molar-refractivity contribution in [3.63, 3.8) is 0 Å². The summed E-state index contributed by atoms with van der Waals surface area (Å²) >= 11 is 0. The molecule has 0 aromatic carbocycles. The van der Waals surface area contributed by atoms with Gasteiger partial charge in [0.1, 0.15) is 0 Å². The molecule has 0 N–H and O–H groups in total. The molecule has 0 unspecified atom stereocenters. The molecular weight excluding hydrogens is 625 g/mol. The van der Waals surface area contributed by atoms with Gasteiger partial charge in [-0.05, 0) is 105 Å². The van der Waals surface area contributed by atoms with E-state index in [4.69, 9.17) is 30.0 Å². The molecule has 0 spiro atoms. The molecule has 0 bridgehead atoms. The highest BCUT2D eigenvalue weighted by molar-refractivity contribution is 6.92. The van der Waals surface area contributed by atoms with E-state index < -0.39 is 62.8 Å². The third-order valence-corrected chi connectivity index (χ3v) is 23.8. The van der Waals surface area contributed by atoms with Crippen molar-refractivity contribution in [3.8, 4) is 0 Å². The molecule has 0 saturated carbocycles. The molecule has 0 saturated heterocycles. The lowest BCUT2D eigenvalue weighted by Gasteiger charge is -2.47. The van der Waals surface area contributed by atoms with Crippen molar-refractivity contribution in [1.82, 2.24) is 0 Å². The molecule has 0 aromatic rings. The average molecular weight is 683 g/mol. The van der Waals surface area contributed by atoms with Crippen molar-refractivity contribution < 1.29 is 39.6 Å². The lowest BCUT2D eigenvalue weighted by Crippen LogP contribution is -2.67. The maximum Gasteiger partial charge on any atom is 0.472 e. The molecule has 0 radical (unpaired) electrons. The van der Waals surface area contributed by atoms with Gasteiger partial charge >= 0.3 is 29.5 Å². The maximum absolute atomic E-state index is 12.0. The number of rotatable bonds is 20. The lowest BCUT2D eigenvalue weighted by molar-refractivity contribution is -0.139. The van der Waals surface area contributed by atoms with Crippen LogP contribution in [0.15, 0.2) is 24.3 Å². The van der Waals surface area contributed by atoms with Gasteiger partial charge in [0.2, 0.25) is 0 Å². The summed E-state index contributed by atoms with van der Waals surface area (Å²) < 4.78 is 45.8. The normalized spacial score (nSPS) is 13.6. The Morgan fingerprint density at radius 1 is 0.488 bits per heavy atom. The summed E-state index contributed by atoms with van der Waals surface area (Å²) in [6, 6.07) is 0.906. The fourth-order valence-electron chi connectivity index (χ4n) is 3.69. The van der Waals surface area contributed by atoms with Crippen LogP contribution in [0.25, 0.3) is 0 Å². The van der Waals surface area contributed by atoms with Gasteiger partial charge in [-0.1, -0.05) is 13.2 Å². The second kappa shape index (κ2) is 16.0. The summed E-state index contributed by atoms with van der Waals surface area (Å²) in [5.74, 6) is -0.847. The van der Waals surface area contributed by atoms with Crippen LogP contribution in [0.3, 0.4) is 0 Å². The van der Waals surface area contributed by atoms with Gasteiger partial charge < -0.3 is 30.0 Å². The van der Waals surface area contributed by atoms with Crippen LogP contribution >= 0.6 is 0 Å². The van der Waals surface area contributed by atoms with Gasteiger partial charge in [0.15, 0.2) is 33.3 Å². The van der Waals surface area contributed by atoms with E-state index in [1.807, 2.05) is 0 Å². The Morgan fingerprint density at radius 3 is 0.927 bits per heavy atom. The van der Waals surface area contributed by atoms with E-state index in [1.54, 1.807) is 13.8 Å². The van der Waals surface area contributed by atoms with E-state index in [1.165, 1.54) is 0 Å². The Bertz CT molecular complexity index is 795. The minimum atomic E-state index is -3.46. The summed E-state index contributed by atoms with van der Waals surface area (Å²) in [4.78, 5) is 24.1. The van der Waals surface area contributed by atoms with Gasteiger partial charge in [-0.15, -0.1) is 0 Å². The molecule has 0 amide bonds. The summed E-state index contributed by atoms with van der Waals surface area (Å²) in [6.45, 7) is 36.4. The monoisotopic (exact) mass is 682 g/mol.